The number of nitrogens with one attached hydrogen (secondary N) is 2. The molecule has 2 aromatic rings. The van der Waals surface area contributed by atoms with E-state index >= 15 is 0 Å². The maximum absolute atomic E-state index is 12.0. The number of benzene rings is 1. The summed E-state index contributed by atoms with van der Waals surface area (Å²) in [4.78, 5) is 15.1. The van der Waals surface area contributed by atoms with Gasteiger partial charge in [-0.05, 0) is 25.0 Å². The number of carbonyl (C=O) groups is 1. The lowest BCUT2D eigenvalue weighted by molar-refractivity contribution is 0.0581. The Hall–Kier alpha value is -1.81. The molecule has 106 valence electrons. The second-order valence-corrected chi connectivity index (χ2v) is 5.30. The number of ether oxygens (including phenoxy) is 1. The molecule has 0 aliphatic heterocycles. The predicted octanol–water partition coefficient (Wildman–Crippen LogP) is 2.86. The van der Waals surface area contributed by atoms with Crippen LogP contribution in [-0.2, 0) is 4.74 Å². The summed E-state index contributed by atoms with van der Waals surface area (Å²) in [6, 6.07) is 9.76. The zero-order valence-electron chi connectivity index (χ0n) is 11.5. The zero-order valence-corrected chi connectivity index (χ0v) is 11.5. The summed E-state index contributed by atoms with van der Waals surface area (Å²) in [6.45, 7) is 1.15. The largest absolute Gasteiger partial charge is 0.376 e. The molecule has 20 heavy (non-hydrogen) atoms. The fourth-order valence-electron chi connectivity index (χ4n) is 2.74. The van der Waals surface area contributed by atoms with Crippen molar-refractivity contribution in [1.82, 2.24) is 10.3 Å². The summed E-state index contributed by atoms with van der Waals surface area (Å²) in [5.41, 5.74) is 1.59. The highest BCUT2D eigenvalue weighted by Gasteiger charge is 2.15. The minimum atomic E-state index is -0.0729. The summed E-state index contributed by atoms with van der Waals surface area (Å²) in [5.74, 6) is -0.0729. The Morgan fingerprint density at radius 2 is 2.10 bits per heavy atom. The van der Waals surface area contributed by atoms with Crippen molar-refractivity contribution in [3.05, 3.63) is 36.0 Å². The summed E-state index contributed by atoms with van der Waals surface area (Å²) < 4.78 is 5.72. The van der Waals surface area contributed by atoms with E-state index in [-0.39, 0.29) is 5.91 Å². The second-order valence-electron chi connectivity index (χ2n) is 5.30. The molecule has 4 heteroatoms. The number of amides is 1. The third kappa shape index (κ3) is 3.02. The van der Waals surface area contributed by atoms with Crippen molar-refractivity contribution in [3.8, 4) is 0 Å². The van der Waals surface area contributed by atoms with Crippen LogP contribution in [0.1, 0.15) is 36.2 Å². The van der Waals surface area contributed by atoms with Gasteiger partial charge in [0, 0.05) is 17.4 Å². The maximum Gasteiger partial charge on any atom is 0.267 e. The lowest BCUT2D eigenvalue weighted by atomic mass is 10.2. The van der Waals surface area contributed by atoms with Crippen LogP contribution in [0.25, 0.3) is 10.9 Å². The molecule has 0 radical (unpaired) electrons. The van der Waals surface area contributed by atoms with Crippen LogP contribution in [0, 0.1) is 0 Å². The number of carbonyl (C=O) groups excluding carboxylic acids is 1. The minimum absolute atomic E-state index is 0.0729. The van der Waals surface area contributed by atoms with E-state index in [2.05, 4.69) is 10.3 Å². The van der Waals surface area contributed by atoms with E-state index < -0.39 is 0 Å². The molecule has 3 rings (SSSR count). The van der Waals surface area contributed by atoms with Crippen molar-refractivity contribution in [2.24, 2.45) is 0 Å². The lowest BCUT2D eigenvalue weighted by Gasteiger charge is -2.11. The quantitative estimate of drug-likeness (QED) is 0.822. The monoisotopic (exact) mass is 272 g/mol. The van der Waals surface area contributed by atoms with Gasteiger partial charge in [-0.25, -0.2) is 0 Å². The first kappa shape index (κ1) is 13.2. The molecule has 1 aromatic heterocycles. The molecule has 0 saturated heterocycles. The van der Waals surface area contributed by atoms with Gasteiger partial charge in [-0.15, -0.1) is 0 Å². The molecule has 1 saturated carbocycles. The number of aromatic nitrogens is 1. The summed E-state index contributed by atoms with van der Waals surface area (Å²) in [5, 5.41) is 3.94. The predicted molar refractivity (Wildman–Crippen MR) is 78.8 cm³/mol. The van der Waals surface area contributed by atoms with Crippen molar-refractivity contribution in [2.75, 3.05) is 13.2 Å². The van der Waals surface area contributed by atoms with Crippen LogP contribution in [0.15, 0.2) is 30.3 Å². The van der Waals surface area contributed by atoms with Crippen LogP contribution in [-0.4, -0.2) is 30.1 Å². The standard InChI is InChI=1S/C16H20N2O2/c19-16(17-9-10-20-13-6-2-3-7-13)15-11-12-5-1-4-8-14(12)18-15/h1,4-5,8,11,13,18H,2-3,6-7,9-10H2,(H,17,19). The van der Waals surface area contributed by atoms with Crippen molar-refractivity contribution in [1.29, 1.82) is 0 Å². The van der Waals surface area contributed by atoms with Crippen LogP contribution >= 0.6 is 0 Å². The smallest absolute Gasteiger partial charge is 0.267 e. The molecular weight excluding hydrogens is 252 g/mol. The van der Waals surface area contributed by atoms with Gasteiger partial charge in [-0.1, -0.05) is 31.0 Å². The Labute approximate surface area is 118 Å². The van der Waals surface area contributed by atoms with Gasteiger partial charge in [0.15, 0.2) is 0 Å². The van der Waals surface area contributed by atoms with E-state index in [4.69, 9.17) is 4.74 Å². The van der Waals surface area contributed by atoms with E-state index in [0.29, 0.717) is 24.9 Å². The zero-order chi connectivity index (χ0) is 13.8. The van der Waals surface area contributed by atoms with Crippen LogP contribution in [0.2, 0.25) is 0 Å². The Morgan fingerprint density at radius 1 is 1.30 bits per heavy atom. The van der Waals surface area contributed by atoms with E-state index in [1.54, 1.807) is 0 Å². The topological polar surface area (TPSA) is 54.1 Å². The van der Waals surface area contributed by atoms with Gasteiger partial charge in [0.05, 0.1) is 12.7 Å². The molecule has 1 aliphatic carbocycles. The van der Waals surface area contributed by atoms with E-state index in [9.17, 15) is 4.79 Å². The second kappa shape index (κ2) is 6.09. The first-order valence-corrected chi connectivity index (χ1v) is 7.30. The first-order valence-electron chi connectivity index (χ1n) is 7.30. The van der Waals surface area contributed by atoms with Crippen molar-refractivity contribution < 1.29 is 9.53 Å². The third-order valence-corrected chi connectivity index (χ3v) is 3.82. The summed E-state index contributed by atoms with van der Waals surface area (Å²) >= 11 is 0. The number of aromatic amines is 1. The molecule has 0 unspecified atom stereocenters. The van der Waals surface area contributed by atoms with Crippen LogP contribution in [0.5, 0.6) is 0 Å². The van der Waals surface area contributed by atoms with Crippen molar-refractivity contribution >= 4 is 16.8 Å². The number of para-hydroxylation sites is 1. The lowest BCUT2D eigenvalue weighted by Crippen LogP contribution is -2.28. The number of H-pyrrole nitrogens is 1. The highest BCUT2D eigenvalue weighted by atomic mass is 16.5. The number of hydrogen-bond acceptors (Lipinski definition) is 2. The fourth-order valence-corrected chi connectivity index (χ4v) is 2.74. The average molecular weight is 272 g/mol. The van der Waals surface area contributed by atoms with Crippen molar-refractivity contribution in [3.63, 3.8) is 0 Å². The molecule has 4 nitrogen and oxygen atoms in total. The molecule has 2 N–H and O–H groups in total. The van der Waals surface area contributed by atoms with Crippen molar-refractivity contribution in [2.45, 2.75) is 31.8 Å². The van der Waals surface area contributed by atoms with Gasteiger partial charge in [0.25, 0.3) is 5.91 Å². The van der Waals surface area contributed by atoms with Crippen LogP contribution < -0.4 is 5.32 Å². The Bertz CT molecular complexity index is 552. The van der Waals surface area contributed by atoms with Gasteiger partial charge < -0.3 is 15.0 Å². The Balaban J connectivity index is 1.48. The average Bonchev–Trinajstić information content (AvgIpc) is 3.12. The Morgan fingerprint density at radius 3 is 2.90 bits per heavy atom. The number of fused-ring (bicyclic) bond motifs is 1. The van der Waals surface area contributed by atoms with Gasteiger partial charge in [0.1, 0.15) is 5.69 Å². The van der Waals surface area contributed by atoms with E-state index in [0.717, 1.165) is 23.7 Å². The molecule has 0 bridgehead atoms. The molecule has 1 aromatic carbocycles. The van der Waals surface area contributed by atoms with E-state index in [1.165, 1.54) is 12.8 Å². The van der Waals surface area contributed by atoms with Gasteiger partial charge in [0.2, 0.25) is 0 Å². The maximum atomic E-state index is 12.0. The van der Waals surface area contributed by atoms with Gasteiger partial charge in [-0.3, -0.25) is 4.79 Å². The van der Waals surface area contributed by atoms with Crippen LogP contribution in [0.3, 0.4) is 0 Å². The molecule has 0 spiro atoms. The summed E-state index contributed by atoms with van der Waals surface area (Å²) in [6.07, 6.45) is 5.27. The van der Waals surface area contributed by atoms with Gasteiger partial charge in [-0.2, -0.15) is 0 Å². The normalized spacial score (nSPS) is 15.8. The summed E-state index contributed by atoms with van der Waals surface area (Å²) in [7, 11) is 0. The number of hydrogen-bond donors (Lipinski definition) is 2. The third-order valence-electron chi connectivity index (χ3n) is 3.82. The molecular formula is C16H20N2O2. The van der Waals surface area contributed by atoms with E-state index in [1.807, 2.05) is 30.3 Å². The molecule has 1 amide bonds. The molecule has 0 atom stereocenters. The first-order chi connectivity index (χ1) is 9.83. The highest BCUT2D eigenvalue weighted by molar-refractivity contribution is 5.97. The molecule has 1 heterocycles. The van der Waals surface area contributed by atoms with Gasteiger partial charge >= 0.3 is 0 Å². The Kier molecular flexibility index (Phi) is 4.02. The SMILES string of the molecule is O=C(NCCOC1CCCC1)c1cc2ccccc2[nH]1. The molecule has 1 fully saturated rings. The van der Waals surface area contributed by atoms with Crippen LogP contribution in [0.4, 0.5) is 0 Å². The fraction of sp³-hybridized carbons (Fsp3) is 0.438. The molecule has 1 aliphatic rings. The highest BCUT2D eigenvalue weighted by Crippen LogP contribution is 2.20. The number of rotatable bonds is 5. The minimum Gasteiger partial charge on any atom is -0.376 e.